The number of ether oxygens (including phenoxy) is 1. The molecule has 0 saturated heterocycles. The molecule has 2 rings (SSSR count). The third kappa shape index (κ3) is 2.49. The minimum absolute atomic E-state index is 0.191. The molecule has 1 unspecified atom stereocenters. The topological polar surface area (TPSA) is 21.3 Å². The summed E-state index contributed by atoms with van der Waals surface area (Å²) >= 11 is 0. The molecule has 92 valence electrons. The molecule has 2 heteroatoms. The van der Waals surface area contributed by atoms with Crippen LogP contribution in [-0.2, 0) is 4.74 Å². The van der Waals surface area contributed by atoms with Gasteiger partial charge in [0.15, 0.2) is 0 Å². The molecule has 0 aromatic carbocycles. The molecular formula is C14H25NO. The molecule has 0 aromatic heterocycles. The van der Waals surface area contributed by atoms with Crippen LogP contribution >= 0.6 is 0 Å². The lowest BCUT2D eigenvalue weighted by Crippen LogP contribution is -2.46. The molecule has 0 amide bonds. The molecule has 0 aliphatic heterocycles. The van der Waals surface area contributed by atoms with Crippen LogP contribution in [0.1, 0.15) is 51.9 Å². The molecule has 16 heavy (non-hydrogen) atoms. The summed E-state index contributed by atoms with van der Waals surface area (Å²) < 4.78 is 5.74. The van der Waals surface area contributed by atoms with Crippen molar-refractivity contribution >= 4 is 0 Å². The van der Waals surface area contributed by atoms with Gasteiger partial charge in [-0.3, -0.25) is 0 Å². The van der Waals surface area contributed by atoms with Crippen LogP contribution in [0.2, 0.25) is 0 Å². The van der Waals surface area contributed by atoms with Gasteiger partial charge in [-0.1, -0.05) is 18.6 Å². The van der Waals surface area contributed by atoms with Crippen molar-refractivity contribution < 1.29 is 4.74 Å². The Morgan fingerprint density at radius 2 is 2.25 bits per heavy atom. The van der Waals surface area contributed by atoms with E-state index in [4.69, 9.17) is 4.74 Å². The number of likely N-dealkylation sites (N-methyl/N-ethyl adjacent to an activating group) is 1. The van der Waals surface area contributed by atoms with E-state index in [0.717, 1.165) is 6.54 Å². The maximum atomic E-state index is 5.74. The summed E-state index contributed by atoms with van der Waals surface area (Å²) in [6.45, 7) is 3.25. The second kappa shape index (κ2) is 5.33. The fraction of sp³-hybridized carbons (Fsp3) is 0.857. The number of hydrogen-bond donors (Lipinski definition) is 1. The van der Waals surface area contributed by atoms with Crippen LogP contribution in [0, 0.1) is 0 Å². The van der Waals surface area contributed by atoms with E-state index in [9.17, 15) is 0 Å². The normalized spacial score (nSPS) is 25.0. The zero-order chi connectivity index (χ0) is 11.4. The Hall–Kier alpha value is -0.340. The zero-order valence-corrected chi connectivity index (χ0v) is 10.7. The van der Waals surface area contributed by atoms with E-state index in [1.807, 2.05) is 7.11 Å². The van der Waals surface area contributed by atoms with Crippen molar-refractivity contribution in [2.75, 3.05) is 13.7 Å². The van der Waals surface area contributed by atoms with E-state index in [0.29, 0.717) is 6.04 Å². The predicted molar refractivity (Wildman–Crippen MR) is 67.6 cm³/mol. The van der Waals surface area contributed by atoms with Gasteiger partial charge in [-0.2, -0.15) is 0 Å². The molecule has 1 saturated carbocycles. The Labute approximate surface area is 99.4 Å². The Bertz CT molecular complexity index is 250. The molecule has 0 bridgehead atoms. The van der Waals surface area contributed by atoms with Crippen molar-refractivity contribution in [3.8, 4) is 0 Å². The fourth-order valence-electron chi connectivity index (χ4n) is 3.03. The minimum Gasteiger partial charge on any atom is -0.378 e. The van der Waals surface area contributed by atoms with Gasteiger partial charge in [-0.15, -0.1) is 0 Å². The average Bonchev–Trinajstić information content (AvgIpc) is 2.75. The molecule has 0 radical (unpaired) electrons. The Kier molecular flexibility index (Phi) is 4.04. The third-order valence-electron chi connectivity index (χ3n) is 4.25. The molecule has 1 fully saturated rings. The molecular weight excluding hydrogens is 198 g/mol. The van der Waals surface area contributed by atoms with Crippen molar-refractivity contribution in [3.05, 3.63) is 11.6 Å². The van der Waals surface area contributed by atoms with Crippen LogP contribution in [0.15, 0.2) is 11.6 Å². The highest BCUT2D eigenvalue weighted by atomic mass is 16.5. The Morgan fingerprint density at radius 1 is 1.44 bits per heavy atom. The van der Waals surface area contributed by atoms with Crippen LogP contribution in [0.5, 0.6) is 0 Å². The Morgan fingerprint density at radius 3 is 2.69 bits per heavy atom. The summed E-state index contributed by atoms with van der Waals surface area (Å²) in [6.07, 6.45) is 11.4. The number of nitrogens with one attached hydrogen (secondary N) is 1. The van der Waals surface area contributed by atoms with Gasteiger partial charge in [0, 0.05) is 13.2 Å². The number of hydrogen-bond acceptors (Lipinski definition) is 2. The third-order valence-corrected chi connectivity index (χ3v) is 4.25. The lowest BCUT2D eigenvalue weighted by Gasteiger charge is -2.43. The van der Waals surface area contributed by atoms with Gasteiger partial charge in [0.05, 0.1) is 5.60 Å². The van der Waals surface area contributed by atoms with Crippen LogP contribution in [0.25, 0.3) is 0 Å². The van der Waals surface area contributed by atoms with Crippen LogP contribution < -0.4 is 5.32 Å². The van der Waals surface area contributed by atoms with Gasteiger partial charge in [0.1, 0.15) is 0 Å². The summed E-state index contributed by atoms with van der Waals surface area (Å²) in [5.41, 5.74) is 1.82. The highest BCUT2D eigenvalue weighted by Crippen LogP contribution is 2.40. The summed E-state index contributed by atoms with van der Waals surface area (Å²) in [4.78, 5) is 0. The highest BCUT2D eigenvalue weighted by molar-refractivity contribution is 5.17. The van der Waals surface area contributed by atoms with Crippen molar-refractivity contribution in [2.45, 2.75) is 63.5 Å². The van der Waals surface area contributed by atoms with E-state index in [2.05, 4.69) is 18.3 Å². The average molecular weight is 223 g/mol. The number of allylic oxidation sites excluding steroid dienone is 1. The molecule has 0 spiro atoms. The molecule has 2 aliphatic carbocycles. The van der Waals surface area contributed by atoms with Crippen LogP contribution in [0.3, 0.4) is 0 Å². The predicted octanol–water partition coefficient (Wildman–Crippen LogP) is 3.03. The molecule has 0 heterocycles. The molecule has 2 nitrogen and oxygen atoms in total. The first-order valence-corrected chi connectivity index (χ1v) is 6.77. The summed E-state index contributed by atoms with van der Waals surface area (Å²) in [6, 6.07) is 0.563. The maximum absolute atomic E-state index is 5.74. The number of rotatable bonds is 6. The SMILES string of the molecule is CCNC(CC1(OC)CCC1)C1=CCCC1. The van der Waals surface area contributed by atoms with E-state index in [1.165, 1.54) is 44.9 Å². The van der Waals surface area contributed by atoms with Gasteiger partial charge in [-0.05, 0) is 51.5 Å². The zero-order valence-electron chi connectivity index (χ0n) is 10.7. The first kappa shape index (κ1) is 12.1. The Balaban J connectivity index is 1.96. The van der Waals surface area contributed by atoms with Crippen LogP contribution in [-0.4, -0.2) is 25.3 Å². The number of methoxy groups -OCH3 is 1. The molecule has 0 aromatic rings. The van der Waals surface area contributed by atoms with Crippen molar-refractivity contribution in [3.63, 3.8) is 0 Å². The first-order chi connectivity index (χ1) is 7.79. The second-order valence-corrected chi connectivity index (χ2v) is 5.23. The smallest absolute Gasteiger partial charge is 0.0696 e. The van der Waals surface area contributed by atoms with Crippen LogP contribution in [0.4, 0.5) is 0 Å². The molecule has 2 aliphatic rings. The molecule has 1 atom stereocenters. The fourth-order valence-corrected chi connectivity index (χ4v) is 3.03. The van der Waals surface area contributed by atoms with Gasteiger partial charge >= 0.3 is 0 Å². The largest absolute Gasteiger partial charge is 0.378 e. The van der Waals surface area contributed by atoms with Gasteiger partial charge < -0.3 is 10.1 Å². The highest BCUT2D eigenvalue weighted by Gasteiger charge is 2.39. The summed E-state index contributed by atoms with van der Waals surface area (Å²) in [5, 5.41) is 3.63. The lowest BCUT2D eigenvalue weighted by atomic mass is 9.74. The van der Waals surface area contributed by atoms with E-state index in [1.54, 1.807) is 5.57 Å². The minimum atomic E-state index is 0.191. The summed E-state index contributed by atoms with van der Waals surface area (Å²) in [5.74, 6) is 0. The monoisotopic (exact) mass is 223 g/mol. The van der Waals surface area contributed by atoms with Crippen molar-refractivity contribution in [1.82, 2.24) is 5.32 Å². The van der Waals surface area contributed by atoms with Gasteiger partial charge in [0.25, 0.3) is 0 Å². The second-order valence-electron chi connectivity index (χ2n) is 5.23. The van der Waals surface area contributed by atoms with E-state index < -0.39 is 0 Å². The van der Waals surface area contributed by atoms with E-state index in [-0.39, 0.29) is 5.60 Å². The first-order valence-electron chi connectivity index (χ1n) is 6.77. The standard InChI is InChI=1S/C14H25NO/c1-3-15-13(12-7-4-5-8-12)11-14(16-2)9-6-10-14/h7,13,15H,3-6,8-11H2,1-2H3. The van der Waals surface area contributed by atoms with E-state index >= 15 is 0 Å². The van der Waals surface area contributed by atoms with Gasteiger partial charge in [0.2, 0.25) is 0 Å². The lowest BCUT2D eigenvalue weighted by molar-refractivity contribution is -0.0814. The van der Waals surface area contributed by atoms with Gasteiger partial charge in [-0.25, -0.2) is 0 Å². The quantitative estimate of drug-likeness (QED) is 0.699. The summed E-state index contributed by atoms with van der Waals surface area (Å²) in [7, 11) is 1.88. The van der Waals surface area contributed by atoms with Crippen molar-refractivity contribution in [2.24, 2.45) is 0 Å². The maximum Gasteiger partial charge on any atom is 0.0696 e. The van der Waals surface area contributed by atoms with Crippen molar-refractivity contribution in [1.29, 1.82) is 0 Å². The molecule has 1 N–H and O–H groups in total.